The van der Waals surface area contributed by atoms with E-state index >= 15 is 0 Å². The fourth-order valence-corrected chi connectivity index (χ4v) is 1.62. The predicted octanol–water partition coefficient (Wildman–Crippen LogP) is 2.42. The van der Waals surface area contributed by atoms with Gasteiger partial charge in [0, 0.05) is 5.54 Å². The molecule has 1 unspecified atom stereocenters. The molecule has 1 amide bonds. The number of hydrogen-bond acceptors (Lipinski definition) is 3. The lowest BCUT2D eigenvalue weighted by Gasteiger charge is -2.27. The van der Waals surface area contributed by atoms with Gasteiger partial charge in [-0.3, -0.25) is 14.2 Å². The number of rotatable bonds is 4. The number of hydrogen-bond donors (Lipinski definition) is 1. The van der Waals surface area contributed by atoms with Crippen molar-refractivity contribution in [2.24, 2.45) is 0 Å². The van der Waals surface area contributed by atoms with Crippen LogP contribution >= 0.6 is 23.2 Å². The molecule has 0 radical (unpaired) electrons. The SMILES string of the molecule is CCC(C)(C)NC(=O)C(C)n1cnc(Cl)c(Cl)c1=O. The van der Waals surface area contributed by atoms with Gasteiger partial charge in [0.15, 0.2) is 5.15 Å². The fraction of sp³-hybridized carbons (Fsp3) is 0.583. The minimum atomic E-state index is -0.708. The van der Waals surface area contributed by atoms with Gasteiger partial charge in [-0.1, -0.05) is 30.1 Å². The Morgan fingerprint density at radius 1 is 1.53 bits per heavy atom. The van der Waals surface area contributed by atoms with E-state index in [1.165, 1.54) is 6.33 Å². The lowest BCUT2D eigenvalue weighted by Crippen LogP contribution is -2.46. The topological polar surface area (TPSA) is 64.0 Å². The zero-order valence-electron chi connectivity index (χ0n) is 11.3. The Hall–Kier alpha value is -1.07. The van der Waals surface area contributed by atoms with Crippen LogP contribution in [0.25, 0.3) is 0 Å². The van der Waals surface area contributed by atoms with Crippen molar-refractivity contribution in [1.29, 1.82) is 0 Å². The van der Waals surface area contributed by atoms with E-state index in [0.29, 0.717) is 0 Å². The Morgan fingerprint density at radius 3 is 2.63 bits per heavy atom. The van der Waals surface area contributed by atoms with E-state index in [0.717, 1.165) is 11.0 Å². The highest BCUT2D eigenvalue weighted by Gasteiger charge is 2.24. The van der Waals surface area contributed by atoms with Gasteiger partial charge in [0.2, 0.25) is 5.91 Å². The third-order valence-corrected chi connectivity index (χ3v) is 3.77. The second-order valence-electron chi connectivity index (χ2n) is 4.96. The molecule has 1 rings (SSSR count). The number of halogens is 2. The summed E-state index contributed by atoms with van der Waals surface area (Å²) in [7, 11) is 0. The molecule has 19 heavy (non-hydrogen) atoms. The summed E-state index contributed by atoms with van der Waals surface area (Å²) < 4.78 is 1.16. The van der Waals surface area contributed by atoms with E-state index < -0.39 is 11.6 Å². The van der Waals surface area contributed by atoms with E-state index in [1.54, 1.807) is 6.92 Å². The second-order valence-corrected chi connectivity index (χ2v) is 5.70. The third-order valence-electron chi connectivity index (χ3n) is 3.04. The number of carbonyl (C=O) groups excluding carboxylic acids is 1. The Morgan fingerprint density at radius 2 is 2.11 bits per heavy atom. The zero-order valence-corrected chi connectivity index (χ0v) is 12.8. The Balaban J connectivity index is 3.02. The molecule has 1 heterocycles. The highest BCUT2D eigenvalue weighted by atomic mass is 35.5. The zero-order chi connectivity index (χ0) is 14.8. The summed E-state index contributed by atoms with van der Waals surface area (Å²) in [6.45, 7) is 7.40. The van der Waals surface area contributed by atoms with Crippen LogP contribution in [0.2, 0.25) is 10.2 Å². The van der Waals surface area contributed by atoms with Gasteiger partial charge in [-0.05, 0) is 27.2 Å². The first-order valence-electron chi connectivity index (χ1n) is 5.93. The monoisotopic (exact) mass is 305 g/mol. The van der Waals surface area contributed by atoms with Gasteiger partial charge in [-0.2, -0.15) is 0 Å². The Bertz CT molecular complexity index is 540. The third kappa shape index (κ3) is 3.70. The minimum Gasteiger partial charge on any atom is -0.349 e. The summed E-state index contributed by atoms with van der Waals surface area (Å²) in [4.78, 5) is 27.8. The van der Waals surface area contributed by atoms with Gasteiger partial charge < -0.3 is 5.32 Å². The van der Waals surface area contributed by atoms with Crippen LogP contribution in [0.1, 0.15) is 40.2 Å². The van der Waals surface area contributed by atoms with Gasteiger partial charge in [0.1, 0.15) is 17.4 Å². The number of aromatic nitrogens is 2. The van der Waals surface area contributed by atoms with Crippen LogP contribution < -0.4 is 10.9 Å². The summed E-state index contributed by atoms with van der Waals surface area (Å²) in [6, 6.07) is -0.708. The van der Waals surface area contributed by atoms with Crippen molar-refractivity contribution in [3.05, 3.63) is 26.9 Å². The Kier molecular flexibility index (Phi) is 4.98. The van der Waals surface area contributed by atoms with Crippen LogP contribution in [0.4, 0.5) is 0 Å². The van der Waals surface area contributed by atoms with Crippen molar-refractivity contribution in [3.8, 4) is 0 Å². The van der Waals surface area contributed by atoms with Crippen LogP contribution in [0, 0.1) is 0 Å². The molecule has 0 aliphatic heterocycles. The van der Waals surface area contributed by atoms with Crippen molar-refractivity contribution in [2.45, 2.75) is 45.7 Å². The van der Waals surface area contributed by atoms with E-state index in [1.807, 2.05) is 20.8 Å². The van der Waals surface area contributed by atoms with Crippen molar-refractivity contribution in [3.63, 3.8) is 0 Å². The van der Waals surface area contributed by atoms with E-state index in [9.17, 15) is 9.59 Å². The Labute approximate surface area is 121 Å². The van der Waals surface area contributed by atoms with Crippen molar-refractivity contribution < 1.29 is 4.79 Å². The molecule has 5 nitrogen and oxygen atoms in total. The van der Waals surface area contributed by atoms with Gasteiger partial charge in [0.25, 0.3) is 5.56 Å². The summed E-state index contributed by atoms with van der Waals surface area (Å²) >= 11 is 11.4. The number of amides is 1. The first-order chi connectivity index (χ1) is 8.69. The summed E-state index contributed by atoms with van der Waals surface area (Å²) in [5, 5.41) is 2.62. The lowest BCUT2D eigenvalue weighted by atomic mass is 10.0. The minimum absolute atomic E-state index is 0.0654. The fourth-order valence-electron chi connectivity index (χ4n) is 1.35. The van der Waals surface area contributed by atoms with Gasteiger partial charge in [-0.15, -0.1) is 0 Å². The maximum Gasteiger partial charge on any atom is 0.274 e. The molecule has 106 valence electrons. The molecular formula is C12H17Cl2N3O2. The summed E-state index contributed by atoms with van der Waals surface area (Å²) in [5.41, 5.74) is -0.864. The van der Waals surface area contributed by atoms with Gasteiger partial charge >= 0.3 is 0 Å². The standard InChI is InChI=1S/C12H17Cl2N3O2/c1-5-12(3,4)16-10(18)7(2)17-6-15-9(14)8(13)11(17)19/h6-7H,5H2,1-4H3,(H,16,18). The van der Waals surface area contributed by atoms with Crippen LogP contribution in [-0.4, -0.2) is 21.0 Å². The number of nitrogens with zero attached hydrogens (tertiary/aromatic N) is 2. The van der Waals surface area contributed by atoms with Crippen LogP contribution in [-0.2, 0) is 4.79 Å². The average Bonchev–Trinajstić information content (AvgIpc) is 2.35. The molecule has 0 saturated heterocycles. The maximum absolute atomic E-state index is 12.1. The normalized spacial score (nSPS) is 13.2. The molecule has 0 aliphatic carbocycles. The molecule has 0 aromatic carbocycles. The summed E-state index contributed by atoms with van der Waals surface area (Å²) in [5.74, 6) is -0.269. The molecule has 0 saturated carbocycles. The second kappa shape index (κ2) is 5.92. The molecule has 1 atom stereocenters. The van der Waals surface area contributed by atoms with Crippen LogP contribution in [0.3, 0.4) is 0 Å². The van der Waals surface area contributed by atoms with E-state index in [-0.39, 0.29) is 21.6 Å². The molecule has 0 bridgehead atoms. The molecule has 1 aromatic rings. The quantitative estimate of drug-likeness (QED) is 0.869. The van der Waals surface area contributed by atoms with Crippen LogP contribution in [0.5, 0.6) is 0 Å². The molecule has 7 heteroatoms. The highest BCUT2D eigenvalue weighted by Crippen LogP contribution is 2.15. The first kappa shape index (κ1) is 16.0. The van der Waals surface area contributed by atoms with Crippen LogP contribution in [0.15, 0.2) is 11.1 Å². The average molecular weight is 306 g/mol. The smallest absolute Gasteiger partial charge is 0.274 e. The first-order valence-corrected chi connectivity index (χ1v) is 6.69. The molecule has 1 N–H and O–H groups in total. The molecule has 0 fully saturated rings. The van der Waals surface area contributed by atoms with E-state index in [4.69, 9.17) is 23.2 Å². The van der Waals surface area contributed by atoms with E-state index in [2.05, 4.69) is 10.3 Å². The predicted molar refractivity (Wildman–Crippen MR) is 75.7 cm³/mol. The van der Waals surface area contributed by atoms with Gasteiger partial charge in [-0.25, -0.2) is 4.98 Å². The van der Waals surface area contributed by atoms with Crippen molar-refractivity contribution in [1.82, 2.24) is 14.9 Å². The highest BCUT2D eigenvalue weighted by molar-refractivity contribution is 6.40. The van der Waals surface area contributed by atoms with Crippen molar-refractivity contribution >= 4 is 29.1 Å². The molecule has 1 aromatic heterocycles. The molecule has 0 spiro atoms. The van der Waals surface area contributed by atoms with Crippen molar-refractivity contribution in [2.75, 3.05) is 0 Å². The summed E-state index contributed by atoms with van der Waals surface area (Å²) in [6.07, 6.45) is 2.00. The number of nitrogens with one attached hydrogen (secondary N) is 1. The van der Waals surface area contributed by atoms with Gasteiger partial charge in [0.05, 0.1) is 0 Å². The maximum atomic E-state index is 12.1. The largest absolute Gasteiger partial charge is 0.349 e. The molecule has 0 aliphatic rings. The number of carbonyl (C=O) groups is 1. The molecular weight excluding hydrogens is 289 g/mol. The lowest BCUT2D eigenvalue weighted by molar-refractivity contribution is -0.125.